The van der Waals surface area contributed by atoms with Crippen molar-refractivity contribution in [1.29, 1.82) is 0 Å². The standard InChI is InChI=1S/C24H22F3N3O5/c1-23(2)21(32)30(15-8-9-19(35-24(25,26)27)17(12-15)20(31)34-3)22(33)29(23)13-14-10-11-28-18-7-5-4-6-16(14)18/h4-12,21,32H,13H2,1-3H3. The normalized spacial score (nSPS) is 17.7. The quantitative estimate of drug-likeness (QED) is 0.532. The molecule has 1 aromatic heterocycles. The second kappa shape index (κ2) is 8.73. The van der Waals surface area contributed by atoms with Gasteiger partial charge in [0.1, 0.15) is 11.3 Å². The molecule has 0 bridgehead atoms. The number of hydrogen-bond donors (Lipinski definition) is 1. The van der Waals surface area contributed by atoms with Crippen LogP contribution in [0.15, 0.2) is 54.7 Å². The fourth-order valence-electron chi connectivity index (χ4n) is 4.07. The Morgan fingerprint density at radius 3 is 2.57 bits per heavy atom. The minimum absolute atomic E-state index is 0.00702. The topological polar surface area (TPSA) is 92.2 Å². The number of urea groups is 1. The molecule has 1 aliphatic heterocycles. The van der Waals surface area contributed by atoms with Gasteiger partial charge in [-0.3, -0.25) is 9.88 Å². The lowest BCUT2D eigenvalue weighted by molar-refractivity contribution is -0.274. The number of aromatic nitrogens is 1. The number of pyridine rings is 1. The van der Waals surface area contributed by atoms with Crippen molar-refractivity contribution in [1.82, 2.24) is 9.88 Å². The summed E-state index contributed by atoms with van der Waals surface area (Å²) < 4.78 is 46.9. The minimum Gasteiger partial charge on any atom is -0.465 e. The summed E-state index contributed by atoms with van der Waals surface area (Å²) in [4.78, 5) is 32.4. The minimum atomic E-state index is -5.04. The summed E-state index contributed by atoms with van der Waals surface area (Å²) in [7, 11) is 1.01. The number of methoxy groups -OCH3 is 1. The Hall–Kier alpha value is -3.86. The molecule has 1 unspecified atom stereocenters. The average Bonchev–Trinajstić information content (AvgIpc) is 2.97. The van der Waals surface area contributed by atoms with E-state index in [1.54, 1.807) is 26.1 Å². The lowest BCUT2D eigenvalue weighted by Gasteiger charge is -2.32. The molecular formula is C24H22F3N3O5. The summed E-state index contributed by atoms with van der Waals surface area (Å²) >= 11 is 0. The van der Waals surface area contributed by atoms with Gasteiger partial charge in [-0.2, -0.15) is 0 Å². The summed E-state index contributed by atoms with van der Waals surface area (Å²) in [6, 6.07) is 11.7. The molecule has 8 nitrogen and oxygen atoms in total. The van der Waals surface area contributed by atoms with Crippen LogP contribution in [0.1, 0.15) is 29.8 Å². The summed E-state index contributed by atoms with van der Waals surface area (Å²) in [5.41, 5.74) is -0.0787. The smallest absolute Gasteiger partial charge is 0.465 e. The number of para-hydroxylation sites is 1. The Bertz CT molecular complexity index is 1290. The molecule has 4 rings (SSSR count). The number of amides is 2. The van der Waals surface area contributed by atoms with Crippen molar-refractivity contribution in [3.8, 4) is 5.75 Å². The zero-order valence-electron chi connectivity index (χ0n) is 19.0. The van der Waals surface area contributed by atoms with E-state index in [1.165, 1.54) is 4.90 Å². The van der Waals surface area contributed by atoms with E-state index >= 15 is 0 Å². The first-order valence-corrected chi connectivity index (χ1v) is 10.5. The van der Waals surface area contributed by atoms with Crippen molar-refractivity contribution < 1.29 is 37.3 Å². The molecule has 2 amide bonds. The number of hydrogen-bond acceptors (Lipinski definition) is 6. The fourth-order valence-corrected chi connectivity index (χ4v) is 4.07. The molecule has 1 saturated heterocycles. The first-order chi connectivity index (χ1) is 16.4. The van der Waals surface area contributed by atoms with E-state index in [1.807, 2.05) is 24.3 Å². The molecule has 3 aromatic rings. The number of aliphatic hydroxyl groups is 1. The van der Waals surface area contributed by atoms with E-state index in [-0.39, 0.29) is 12.2 Å². The van der Waals surface area contributed by atoms with Gasteiger partial charge in [-0.05, 0) is 49.7 Å². The number of nitrogens with zero attached hydrogens (tertiary/aromatic N) is 3. The highest BCUT2D eigenvalue weighted by Crippen LogP contribution is 2.39. The number of anilines is 1. The largest absolute Gasteiger partial charge is 0.573 e. The molecular weight excluding hydrogens is 467 g/mol. The second-order valence-corrected chi connectivity index (χ2v) is 8.47. The van der Waals surface area contributed by atoms with Gasteiger partial charge in [-0.1, -0.05) is 18.2 Å². The van der Waals surface area contributed by atoms with Crippen molar-refractivity contribution in [2.24, 2.45) is 0 Å². The van der Waals surface area contributed by atoms with Crippen molar-refractivity contribution >= 4 is 28.6 Å². The summed E-state index contributed by atoms with van der Waals surface area (Å²) in [6.07, 6.45) is -4.79. The number of carbonyl (C=O) groups is 2. The number of benzene rings is 2. The van der Waals surface area contributed by atoms with Crippen LogP contribution in [-0.4, -0.2) is 52.2 Å². The molecule has 2 aromatic carbocycles. The zero-order valence-corrected chi connectivity index (χ0v) is 19.0. The second-order valence-electron chi connectivity index (χ2n) is 8.47. The number of carbonyl (C=O) groups excluding carboxylic acids is 2. The van der Waals surface area contributed by atoms with Gasteiger partial charge in [0, 0.05) is 23.8 Å². The third kappa shape index (κ3) is 4.46. The summed E-state index contributed by atoms with van der Waals surface area (Å²) in [5.74, 6) is -1.87. The van der Waals surface area contributed by atoms with E-state index in [0.717, 1.165) is 46.7 Å². The first kappa shape index (κ1) is 24.3. The Kier molecular flexibility index (Phi) is 6.05. The van der Waals surface area contributed by atoms with E-state index < -0.39 is 41.4 Å². The molecule has 35 heavy (non-hydrogen) atoms. The van der Waals surface area contributed by atoms with Gasteiger partial charge in [0.25, 0.3) is 0 Å². The van der Waals surface area contributed by atoms with Crippen LogP contribution in [0.4, 0.5) is 23.7 Å². The van der Waals surface area contributed by atoms with Gasteiger partial charge in [0.05, 0.1) is 18.2 Å². The Morgan fingerprint density at radius 1 is 1.17 bits per heavy atom. The zero-order chi connectivity index (χ0) is 25.5. The van der Waals surface area contributed by atoms with Crippen LogP contribution in [0.5, 0.6) is 5.75 Å². The van der Waals surface area contributed by atoms with Crippen molar-refractivity contribution in [2.75, 3.05) is 12.0 Å². The van der Waals surface area contributed by atoms with Gasteiger partial charge in [-0.25, -0.2) is 9.59 Å². The predicted molar refractivity (Wildman–Crippen MR) is 120 cm³/mol. The van der Waals surface area contributed by atoms with Crippen LogP contribution < -0.4 is 9.64 Å². The van der Waals surface area contributed by atoms with Gasteiger partial charge in [-0.15, -0.1) is 13.2 Å². The maximum atomic E-state index is 13.5. The van der Waals surface area contributed by atoms with Gasteiger partial charge >= 0.3 is 18.4 Å². The Labute approximate surface area is 198 Å². The number of ether oxygens (including phenoxy) is 2. The highest BCUT2D eigenvalue weighted by Gasteiger charge is 2.51. The van der Waals surface area contributed by atoms with Gasteiger partial charge in [0.2, 0.25) is 0 Å². The number of fused-ring (bicyclic) bond motifs is 1. The van der Waals surface area contributed by atoms with E-state index in [0.29, 0.717) is 0 Å². The first-order valence-electron chi connectivity index (χ1n) is 10.5. The van der Waals surface area contributed by atoms with Gasteiger partial charge in [0.15, 0.2) is 6.23 Å². The SMILES string of the molecule is COC(=O)c1cc(N2C(=O)N(Cc3ccnc4ccccc34)C(C)(C)C2O)ccc1OC(F)(F)F. The molecule has 0 radical (unpaired) electrons. The Morgan fingerprint density at radius 2 is 1.89 bits per heavy atom. The number of aliphatic hydroxyl groups excluding tert-OH is 1. The number of rotatable bonds is 5. The molecule has 0 spiro atoms. The molecule has 0 aliphatic carbocycles. The van der Waals surface area contributed by atoms with Crippen LogP contribution >= 0.6 is 0 Å². The van der Waals surface area contributed by atoms with Crippen molar-refractivity contribution in [3.63, 3.8) is 0 Å². The van der Waals surface area contributed by atoms with Crippen LogP contribution in [0.2, 0.25) is 0 Å². The third-order valence-corrected chi connectivity index (χ3v) is 5.95. The average molecular weight is 489 g/mol. The maximum Gasteiger partial charge on any atom is 0.573 e. The van der Waals surface area contributed by atoms with Crippen molar-refractivity contribution in [3.05, 3.63) is 65.9 Å². The van der Waals surface area contributed by atoms with Crippen LogP contribution in [0.25, 0.3) is 10.9 Å². The van der Waals surface area contributed by atoms with E-state index in [4.69, 9.17) is 0 Å². The lowest BCUT2D eigenvalue weighted by Crippen LogP contribution is -2.46. The van der Waals surface area contributed by atoms with Crippen LogP contribution in [-0.2, 0) is 11.3 Å². The van der Waals surface area contributed by atoms with E-state index in [2.05, 4.69) is 14.5 Å². The van der Waals surface area contributed by atoms with Gasteiger partial charge < -0.3 is 19.5 Å². The fraction of sp³-hybridized carbons (Fsp3) is 0.292. The molecule has 1 N–H and O–H groups in total. The molecule has 2 heterocycles. The predicted octanol–water partition coefficient (Wildman–Crippen LogP) is 4.46. The van der Waals surface area contributed by atoms with Crippen molar-refractivity contribution in [2.45, 2.75) is 38.5 Å². The molecule has 0 saturated carbocycles. The lowest BCUT2D eigenvalue weighted by atomic mass is 10.0. The van der Waals surface area contributed by atoms with Crippen LogP contribution in [0, 0.1) is 0 Å². The highest BCUT2D eigenvalue weighted by atomic mass is 19.4. The maximum absolute atomic E-state index is 13.5. The molecule has 11 heteroatoms. The third-order valence-electron chi connectivity index (χ3n) is 5.95. The molecule has 1 aliphatic rings. The molecule has 1 fully saturated rings. The number of alkyl halides is 3. The summed E-state index contributed by atoms with van der Waals surface area (Å²) in [6.45, 7) is 3.48. The summed E-state index contributed by atoms with van der Waals surface area (Å²) in [5, 5.41) is 11.9. The highest BCUT2D eigenvalue weighted by molar-refractivity contribution is 5.99. The van der Waals surface area contributed by atoms with E-state index in [9.17, 15) is 27.9 Å². The molecule has 1 atom stereocenters. The monoisotopic (exact) mass is 489 g/mol. The van der Waals surface area contributed by atoms with Crippen LogP contribution in [0.3, 0.4) is 0 Å². The number of esters is 1. The number of halogens is 3. The molecule has 184 valence electrons. The Balaban J connectivity index is 1.72.